The van der Waals surface area contributed by atoms with Crippen LogP contribution in [0.25, 0.3) is 10.9 Å². The van der Waals surface area contributed by atoms with Crippen LogP contribution in [-0.2, 0) is 4.79 Å². The molecule has 0 aliphatic carbocycles. The van der Waals surface area contributed by atoms with E-state index in [0.29, 0.717) is 22.1 Å². The maximum absolute atomic E-state index is 12.1. The molecule has 1 N–H and O–H groups in total. The lowest BCUT2D eigenvalue weighted by Crippen LogP contribution is -2.15. The first-order chi connectivity index (χ1) is 12.0. The Hall–Kier alpha value is -2.92. The molecule has 25 heavy (non-hydrogen) atoms. The van der Waals surface area contributed by atoms with E-state index in [2.05, 4.69) is 31.3 Å². The fourth-order valence-electron chi connectivity index (χ4n) is 2.47. The van der Waals surface area contributed by atoms with Crippen molar-refractivity contribution in [2.75, 3.05) is 11.1 Å². The number of carbonyl (C=O) groups is 1. The van der Waals surface area contributed by atoms with Crippen LogP contribution in [-0.4, -0.2) is 27.0 Å². The highest BCUT2D eigenvalue weighted by Gasteiger charge is 2.14. The minimum absolute atomic E-state index is 0.102. The maximum Gasteiger partial charge on any atom is 0.236 e. The van der Waals surface area contributed by atoms with Crippen molar-refractivity contribution in [1.29, 1.82) is 5.26 Å². The van der Waals surface area contributed by atoms with Gasteiger partial charge in [0.25, 0.3) is 0 Å². The molecule has 0 saturated heterocycles. The summed E-state index contributed by atoms with van der Waals surface area (Å²) in [6.07, 6.45) is 0. The second-order valence-electron chi connectivity index (χ2n) is 5.64. The largest absolute Gasteiger partial charge is 0.306 e. The normalized spacial score (nSPS) is 10.6. The Morgan fingerprint density at radius 2 is 2.08 bits per heavy atom. The summed E-state index contributed by atoms with van der Waals surface area (Å²) in [5.74, 6) is 0.129. The number of hydrogen-bond acceptors (Lipinski definition) is 7. The first-order valence-electron chi connectivity index (χ1n) is 7.52. The van der Waals surface area contributed by atoms with Crippen molar-refractivity contribution >= 4 is 34.4 Å². The van der Waals surface area contributed by atoms with Gasteiger partial charge in [-0.2, -0.15) is 5.26 Å². The molecule has 1 amide bonds. The summed E-state index contributed by atoms with van der Waals surface area (Å²) in [5, 5.41) is 20.7. The molecule has 0 aliphatic heterocycles. The third-order valence-corrected chi connectivity index (χ3v) is 4.58. The molecule has 7 nitrogen and oxygen atoms in total. The molecule has 2 heterocycles. The average Bonchev–Trinajstić information content (AvgIpc) is 2.97. The monoisotopic (exact) mass is 353 g/mol. The van der Waals surface area contributed by atoms with Crippen LogP contribution in [0.4, 0.5) is 5.82 Å². The number of benzene rings is 1. The van der Waals surface area contributed by atoms with Gasteiger partial charge in [-0.25, -0.2) is 9.61 Å². The quantitative estimate of drug-likeness (QED) is 0.718. The van der Waals surface area contributed by atoms with Gasteiger partial charge in [0, 0.05) is 5.39 Å². The van der Waals surface area contributed by atoms with Gasteiger partial charge in [-0.05, 0) is 43.6 Å². The summed E-state index contributed by atoms with van der Waals surface area (Å²) >= 11 is 1.21. The van der Waals surface area contributed by atoms with Crippen molar-refractivity contribution < 1.29 is 9.42 Å². The fraction of sp³-hybridized carbons (Fsp3) is 0.235. The zero-order valence-corrected chi connectivity index (χ0v) is 14.8. The second kappa shape index (κ2) is 6.91. The Labute approximate surface area is 148 Å². The molecule has 0 radical (unpaired) electrons. The number of thioether (sulfide) groups is 1. The SMILES string of the molecule is Cc1cc(C)c2nc(SCC(=O)Nc3nonc3C)c(C#N)cc2c1. The molecular weight excluding hydrogens is 338 g/mol. The molecule has 2 aromatic heterocycles. The van der Waals surface area contributed by atoms with E-state index in [1.54, 1.807) is 6.92 Å². The van der Waals surface area contributed by atoms with E-state index < -0.39 is 0 Å². The molecule has 0 bridgehead atoms. The lowest BCUT2D eigenvalue weighted by molar-refractivity contribution is -0.113. The first kappa shape index (κ1) is 16.9. The van der Waals surface area contributed by atoms with E-state index in [9.17, 15) is 10.1 Å². The summed E-state index contributed by atoms with van der Waals surface area (Å²) in [7, 11) is 0. The predicted molar refractivity (Wildman–Crippen MR) is 94.3 cm³/mol. The minimum atomic E-state index is -0.268. The number of anilines is 1. The number of pyridine rings is 1. The first-order valence-corrected chi connectivity index (χ1v) is 8.50. The molecule has 0 atom stereocenters. The number of carbonyl (C=O) groups excluding carboxylic acids is 1. The molecule has 126 valence electrons. The van der Waals surface area contributed by atoms with Crippen molar-refractivity contribution in [1.82, 2.24) is 15.3 Å². The smallest absolute Gasteiger partial charge is 0.236 e. The van der Waals surface area contributed by atoms with Crippen LogP contribution >= 0.6 is 11.8 Å². The van der Waals surface area contributed by atoms with Gasteiger partial charge in [0.2, 0.25) is 5.91 Å². The van der Waals surface area contributed by atoms with Crippen molar-refractivity contribution in [2.24, 2.45) is 0 Å². The number of nitriles is 1. The molecule has 0 unspecified atom stereocenters. The van der Waals surface area contributed by atoms with Crippen molar-refractivity contribution in [3.05, 3.63) is 40.6 Å². The number of hydrogen-bond donors (Lipinski definition) is 1. The Morgan fingerprint density at radius 1 is 1.28 bits per heavy atom. The van der Waals surface area contributed by atoms with E-state index in [0.717, 1.165) is 22.0 Å². The Bertz CT molecular complexity index is 1010. The Balaban J connectivity index is 1.82. The fourth-order valence-corrected chi connectivity index (χ4v) is 3.23. The number of nitrogens with one attached hydrogen (secondary N) is 1. The molecule has 0 aliphatic rings. The van der Waals surface area contributed by atoms with Gasteiger partial charge in [-0.3, -0.25) is 4.79 Å². The predicted octanol–water partition coefficient (Wildman–Crippen LogP) is 3.15. The van der Waals surface area contributed by atoms with Crippen LogP contribution in [0.1, 0.15) is 22.4 Å². The number of aryl methyl sites for hydroxylation is 3. The highest BCUT2D eigenvalue weighted by Crippen LogP contribution is 2.27. The topological polar surface area (TPSA) is 105 Å². The lowest BCUT2D eigenvalue weighted by atomic mass is 10.1. The lowest BCUT2D eigenvalue weighted by Gasteiger charge is -2.08. The third kappa shape index (κ3) is 3.61. The average molecular weight is 353 g/mol. The molecular formula is C17H15N5O2S. The van der Waals surface area contributed by atoms with Gasteiger partial charge >= 0.3 is 0 Å². The number of aromatic nitrogens is 3. The van der Waals surface area contributed by atoms with E-state index in [1.165, 1.54) is 11.8 Å². The molecule has 3 aromatic rings. The van der Waals surface area contributed by atoms with Gasteiger partial charge in [0.05, 0.1) is 16.8 Å². The third-order valence-electron chi connectivity index (χ3n) is 3.59. The zero-order valence-electron chi connectivity index (χ0n) is 14.0. The van der Waals surface area contributed by atoms with Crippen LogP contribution in [0, 0.1) is 32.1 Å². The Kier molecular flexibility index (Phi) is 4.67. The zero-order chi connectivity index (χ0) is 18.0. The Morgan fingerprint density at radius 3 is 2.76 bits per heavy atom. The molecule has 0 saturated carbocycles. The van der Waals surface area contributed by atoms with Gasteiger partial charge in [-0.1, -0.05) is 28.5 Å². The van der Waals surface area contributed by atoms with Gasteiger partial charge in [0.15, 0.2) is 5.82 Å². The van der Waals surface area contributed by atoms with Crippen molar-refractivity contribution in [2.45, 2.75) is 25.8 Å². The molecule has 0 fully saturated rings. The molecule has 8 heteroatoms. The summed E-state index contributed by atoms with van der Waals surface area (Å²) < 4.78 is 4.54. The highest BCUT2D eigenvalue weighted by molar-refractivity contribution is 8.00. The summed E-state index contributed by atoms with van der Waals surface area (Å²) in [5.41, 5.74) is 3.95. The highest BCUT2D eigenvalue weighted by atomic mass is 32.2. The number of nitrogens with zero attached hydrogens (tertiary/aromatic N) is 4. The van der Waals surface area contributed by atoms with Crippen LogP contribution in [0.3, 0.4) is 0 Å². The number of rotatable bonds is 4. The van der Waals surface area contributed by atoms with Crippen molar-refractivity contribution in [3.8, 4) is 6.07 Å². The minimum Gasteiger partial charge on any atom is -0.306 e. The van der Waals surface area contributed by atoms with E-state index in [1.807, 2.05) is 32.0 Å². The maximum atomic E-state index is 12.1. The van der Waals surface area contributed by atoms with Crippen molar-refractivity contribution in [3.63, 3.8) is 0 Å². The summed E-state index contributed by atoms with van der Waals surface area (Å²) in [4.78, 5) is 16.6. The molecule has 3 rings (SSSR count). The number of amides is 1. The van der Waals surface area contributed by atoms with Gasteiger partial charge in [-0.15, -0.1) is 0 Å². The number of fused-ring (bicyclic) bond motifs is 1. The second-order valence-corrected chi connectivity index (χ2v) is 6.61. The van der Waals surface area contributed by atoms with E-state index in [4.69, 9.17) is 0 Å². The summed E-state index contributed by atoms with van der Waals surface area (Å²) in [6.45, 7) is 5.67. The van der Waals surface area contributed by atoms with Gasteiger partial charge < -0.3 is 5.32 Å². The van der Waals surface area contributed by atoms with Crippen LogP contribution in [0.2, 0.25) is 0 Å². The molecule has 0 spiro atoms. The standard InChI is InChI=1S/C17H15N5O2S/c1-9-4-10(2)15-12(5-9)6-13(7-18)17(20-15)25-8-14(23)19-16-11(3)21-24-22-16/h4-6H,8H2,1-3H3,(H,19,22,23). The summed E-state index contributed by atoms with van der Waals surface area (Å²) in [6, 6.07) is 8.01. The molecule has 1 aromatic carbocycles. The van der Waals surface area contributed by atoms with Gasteiger partial charge in [0.1, 0.15) is 16.8 Å². The van der Waals surface area contributed by atoms with Crippen LogP contribution < -0.4 is 5.32 Å². The van der Waals surface area contributed by atoms with E-state index in [-0.39, 0.29) is 11.7 Å². The van der Waals surface area contributed by atoms with E-state index >= 15 is 0 Å². The van der Waals surface area contributed by atoms with Crippen LogP contribution in [0.5, 0.6) is 0 Å². The van der Waals surface area contributed by atoms with Crippen LogP contribution in [0.15, 0.2) is 27.9 Å².